The molecule has 1 aliphatic rings. The highest BCUT2D eigenvalue weighted by molar-refractivity contribution is 8.00. The molecule has 114 valence electrons. The maximum Gasteiger partial charge on any atom is 0.238 e. The van der Waals surface area contributed by atoms with E-state index in [1.807, 2.05) is 29.2 Å². The van der Waals surface area contributed by atoms with E-state index in [2.05, 4.69) is 32.0 Å². The molecule has 1 fully saturated rings. The van der Waals surface area contributed by atoms with Gasteiger partial charge in [0.2, 0.25) is 5.91 Å². The summed E-state index contributed by atoms with van der Waals surface area (Å²) in [6.07, 6.45) is 0. The second-order valence-corrected chi connectivity index (χ2v) is 6.58. The van der Waals surface area contributed by atoms with E-state index < -0.39 is 0 Å². The molecule has 0 aliphatic carbocycles. The molecule has 4 heteroatoms. The molecule has 0 spiro atoms. The Morgan fingerprint density at radius 2 is 1.82 bits per heavy atom. The molecule has 0 radical (unpaired) electrons. The minimum absolute atomic E-state index is 0.0372. The van der Waals surface area contributed by atoms with Crippen LogP contribution in [0.5, 0.6) is 5.75 Å². The van der Waals surface area contributed by atoms with Crippen LogP contribution in [0.25, 0.3) is 0 Å². The molecule has 0 unspecified atom stereocenters. The number of amides is 1. The molecule has 0 N–H and O–H groups in total. The standard InChI is InChI=1S/C18H19NO2S/c1-12-8-13(2)10-14(9-12)19-17(20)11-22-18(19)15-6-4-5-7-16(15)21-3/h4-10,18H,11H2,1-3H3/t18-/m0/s1. The van der Waals surface area contributed by atoms with Crippen LogP contribution < -0.4 is 9.64 Å². The van der Waals surface area contributed by atoms with E-state index in [4.69, 9.17) is 4.74 Å². The van der Waals surface area contributed by atoms with Crippen LogP contribution in [0.1, 0.15) is 22.1 Å². The maximum absolute atomic E-state index is 12.4. The van der Waals surface area contributed by atoms with Gasteiger partial charge >= 0.3 is 0 Å². The molecule has 0 saturated carbocycles. The van der Waals surface area contributed by atoms with Crippen molar-refractivity contribution in [1.29, 1.82) is 0 Å². The van der Waals surface area contributed by atoms with E-state index in [9.17, 15) is 4.79 Å². The van der Waals surface area contributed by atoms with Crippen LogP contribution in [-0.2, 0) is 4.79 Å². The number of benzene rings is 2. The van der Waals surface area contributed by atoms with Crippen molar-refractivity contribution in [2.75, 3.05) is 17.8 Å². The van der Waals surface area contributed by atoms with Gasteiger partial charge in [-0.25, -0.2) is 0 Å². The number of thioether (sulfide) groups is 1. The largest absolute Gasteiger partial charge is 0.496 e. The molecular weight excluding hydrogens is 294 g/mol. The van der Waals surface area contributed by atoms with Gasteiger partial charge in [0.25, 0.3) is 0 Å². The van der Waals surface area contributed by atoms with Gasteiger partial charge in [-0.15, -0.1) is 11.8 Å². The number of hydrogen-bond acceptors (Lipinski definition) is 3. The molecule has 2 aromatic carbocycles. The van der Waals surface area contributed by atoms with Gasteiger partial charge in [0.1, 0.15) is 11.1 Å². The second kappa shape index (κ2) is 6.05. The molecule has 1 atom stereocenters. The first-order valence-electron chi connectivity index (χ1n) is 7.25. The van der Waals surface area contributed by atoms with Gasteiger partial charge in [-0.2, -0.15) is 0 Å². The molecule has 1 amide bonds. The fraction of sp³-hybridized carbons (Fsp3) is 0.278. The zero-order valence-corrected chi connectivity index (χ0v) is 13.8. The summed E-state index contributed by atoms with van der Waals surface area (Å²) in [5.41, 5.74) is 4.33. The average Bonchev–Trinajstić information content (AvgIpc) is 2.87. The SMILES string of the molecule is COc1ccccc1[C@@H]1SCC(=O)N1c1cc(C)cc(C)c1. The molecular formula is C18H19NO2S. The van der Waals surface area contributed by atoms with Gasteiger partial charge in [0.15, 0.2) is 0 Å². The third-order valence-corrected chi connectivity index (χ3v) is 4.95. The van der Waals surface area contributed by atoms with Crippen LogP contribution in [-0.4, -0.2) is 18.8 Å². The van der Waals surface area contributed by atoms with E-state index in [1.165, 1.54) is 11.1 Å². The first-order chi connectivity index (χ1) is 10.6. The number of methoxy groups -OCH3 is 1. The summed E-state index contributed by atoms with van der Waals surface area (Å²) in [4.78, 5) is 14.3. The van der Waals surface area contributed by atoms with Gasteiger partial charge in [-0.3, -0.25) is 9.69 Å². The van der Waals surface area contributed by atoms with Crippen molar-refractivity contribution in [3.63, 3.8) is 0 Å². The Kier molecular flexibility index (Phi) is 4.12. The number of nitrogens with zero attached hydrogens (tertiary/aromatic N) is 1. The lowest BCUT2D eigenvalue weighted by Gasteiger charge is -2.26. The minimum atomic E-state index is -0.0372. The highest BCUT2D eigenvalue weighted by Crippen LogP contribution is 2.44. The Hall–Kier alpha value is -1.94. The van der Waals surface area contributed by atoms with E-state index >= 15 is 0 Å². The van der Waals surface area contributed by atoms with Crippen LogP contribution in [0, 0.1) is 13.8 Å². The monoisotopic (exact) mass is 313 g/mol. The summed E-state index contributed by atoms with van der Waals surface area (Å²) >= 11 is 1.64. The minimum Gasteiger partial charge on any atom is -0.496 e. The molecule has 0 aromatic heterocycles. The van der Waals surface area contributed by atoms with Crippen LogP contribution in [0.15, 0.2) is 42.5 Å². The van der Waals surface area contributed by atoms with E-state index in [-0.39, 0.29) is 11.3 Å². The second-order valence-electron chi connectivity index (χ2n) is 5.51. The number of carbonyl (C=O) groups excluding carboxylic acids is 1. The van der Waals surface area contributed by atoms with Crippen LogP contribution >= 0.6 is 11.8 Å². The lowest BCUT2D eigenvalue weighted by molar-refractivity contribution is -0.115. The van der Waals surface area contributed by atoms with Gasteiger partial charge in [0.05, 0.1) is 12.9 Å². The van der Waals surface area contributed by atoms with Crippen LogP contribution in [0.2, 0.25) is 0 Å². The molecule has 3 rings (SSSR count). The predicted molar refractivity (Wildman–Crippen MR) is 91.6 cm³/mol. The first kappa shape index (κ1) is 15.0. The van der Waals surface area contributed by atoms with Crippen molar-refractivity contribution in [2.24, 2.45) is 0 Å². The predicted octanol–water partition coefficient (Wildman–Crippen LogP) is 4.09. The maximum atomic E-state index is 12.4. The quantitative estimate of drug-likeness (QED) is 0.855. The molecule has 0 bridgehead atoms. The topological polar surface area (TPSA) is 29.5 Å². The highest BCUT2D eigenvalue weighted by Gasteiger charge is 2.35. The fourth-order valence-electron chi connectivity index (χ4n) is 2.89. The average molecular weight is 313 g/mol. The number of anilines is 1. The Balaban J connectivity index is 2.06. The summed E-state index contributed by atoms with van der Waals surface area (Å²) < 4.78 is 5.47. The number of carbonyl (C=O) groups is 1. The number of para-hydroxylation sites is 1. The smallest absolute Gasteiger partial charge is 0.238 e. The van der Waals surface area contributed by atoms with Crippen molar-refractivity contribution in [3.05, 3.63) is 59.2 Å². The number of hydrogen-bond donors (Lipinski definition) is 0. The van der Waals surface area contributed by atoms with Crippen LogP contribution in [0.4, 0.5) is 5.69 Å². The van der Waals surface area contributed by atoms with E-state index in [0.717, 1.165) is 17.0 Å². The molecule has 1 heterocycles. The highest BCUT2D eigenvalue weighted by atomic mass is 32.2. The van der Waals surface area contributed by atoms with Crippen LogP contribution in [0.3, 0.4) is 0 Å². The summed E-state index contributed by atoms with van der Waals surface area (Å²) in [5.74, 6) is 1.46. The zero-order chi connectivity index (χ0) is 15.7. The molecule has 1 aliphatic heterocycles. The van der Waals surface area contributed by atoms with Gasteiger partial charge in [-0.05, 0) is 43.2 Å². The molecule has 1 saturated heterocycles. The summed E-state index contributed by atoms with van der Waals surface area (Å²) in [5, 5.41) is -0.0372. The van der Waals surface area contributed by atoms with Gasteiger partial charge < -0.3 is 4.74 Å². The third-order valence-electron chi connectivity index (χ3n) is 3.76. The Morgan fingerprint density at radius 1 is 1.14 bits per heavy atom. The number of ether oxygens (including phenoxy) is 1. The van der Waals surface area contributed by atoms with Crippen molar-refractivity contribution in [2.45, 2.75) is 19.2 Å². The summed E-state index contributed by atoms with van der Waals surface area (Å²) in [6, 6.07) is 14.2. The van der Waals surface area contributed by atoms with Crippen molar-refractivity contribution < 1.29 is 9.53 Å². The lowest BCUT2D eigenvalue weighted by atomic mass is 10.1. The van der Waals surface area contributed by atoms with E-state index in [0.29, 0.717) is 5.75 Å². The first-order valence-corrected chi connectivity index (χ1v) is 8.30. The third kappa shape index (κ3) is 2.71. The number of rotatable bonds is 3. The summed E-state index contributed by atoms with van der Waals surface area (Å²) in [6.45, 7) is 4.12. The van der Waals surface area contributed by atoms with Crippen molar-refractivity contribution >= 4 is 23.4 Å². The zero-order valence-electron chi connectivity index (χ0n) is 13.0. The Labute approximate surface area is 135 Å². The summed E-state index contributed by atoms with van der Waals surface area (Å²) in [7, 11) is 1.67. The van der Waals surface area contributed by atoms with Crippen molar-refractivity contribution in [3.8, 4) is 5.75 Å². The normalized spacial score (nSPS) is 17.9. The molecule has 2 aromatic rings. The van der Waals surface area contributed by atoms with Gasteiger partial charge in [0, 0.05) is 11.3 Å². The number of aryl methyl sites for hydroxylation is 2. The Bertz CT molecular complexity index is 694. The molecule has 22 heavy (non-hydrogen) atoms. The molecule has 3 nitrogen and oxygen atoms in total. The van der Waals surface area contributed by atoms with E-state index in [1.54, 1.807) is 18.9 Å². The van der Waals surface area contributed by atoms with Gasteiger partial charge in [-0.1, -0.05) is 24.3 Å². The fourth-order valence-corrected chi connectivity index (χ4v) is 4.10. The Morgan fingerprint density at radius 3 is 2.50 bits per heavy atom. The lowest BCUT2D eigenvalue weighted by Crippen LogP contribution is -2.28. The van der Waals surface area contributed by atoms with Crippen molar-refractivity contribution in [1.82, 2.24) is 0 Å².